The molecule has 1 aromatic carbocycles. The minimum Gasteiger partial charge on any atom is -0.481 e. The number of aliphatic carboxylic acids is 1. The summed E-state index contributed by atoms with van der Waals surface area (Å²) in [5.41, 5.74) is -0.132. The van der Waals surface area contributed by atoms with Gasteiger partial charge in [-0.2, -0.15) is 0 Å². The number of halogens is 3. The molecule has 1 N–H and O–H groups in total. The van der Waals surface area contributed by atoms with Gasteiger partial charge in [0.25, 0.3) is 0 Å². The van der Waals surface area contributed by atoms with Crippen molar-refractivity contribution < 1.29 is 23.5 Å². The summed E-state index contributed by atoms with van der Waals surface area (Å²) < 4.78 is 25.8. The third-order valence-corrected chi connectivity index (χ3v) is 2.68. The highest BCUT2D eigenvalue weighted by atomic mass is 35.5. The molecule has 0 bridgehead atoms. The lowest BCUT2D eigenvalue weighted by Crippen LogP contribution is -2.11. The zero-order valence-electron chi connectivity index (χ0n) is 9.54. The minimum atomic E-state index is -1.16. The van der Waals surface area contributed by atoms with E-state index in [2.05, 4.69) is 0 Å². The molecule has 0 saturated carbocycles. The van der Waals surface area contributed by atoms with Crippen LogP contribution in [0.4, 0.5) is 8.78 Å². The second kappa shape index (κ2) is 5.91. The van der Waals surface area contributed by atoms with Gasteiger partial charge in [-0.15, -0.1) is 0 Å². The van der Waals surface area contributed by atoms with Gasteiger partial charge in [0.05, 0.1) is 5.02 Å². The number of hydrogen-bond donors (Lipinski definition) is 1. The molecule has 0 aromatic heterocycles. The number of carbonyl (C=O) groups is 2. The van der Waals surface area contributed by atoms with Crippen LogP contribution in [0.5, 0.6) is 0 Å². The quantitative estimate of drug-likeness (QED) is 0.663. The second-order valence-electron chi connectivity index (χ2n) is 4.08. The summed E-state index contributed by atoms with van der Waals surface area (Å²) in [5, 5.41) is 8.38. The first kappa shape index (κ1) is 14.6. The zero-order chi connectivity index (χ0) is 13.9. The number of carboxylic acids is 1. The first-order valence-electron chi connectivity index (χ1n) is 5.20. The van der Waals surface area contributed by atoms with Gasteiger partial charge < -0.3 is 5.11 Å². The van der Waals surface area contributed by atoms with Gasteiger partial charge in [0.1, 0.15) is 0 Å². The van der Waals surface area contributed by atoms with E-state index in [0.29, 0.717) is 0 Å². The highest BCUT2D eigenvalue weighted by molar-refractivity contribution is 6.34. The Balaban J connectivity index is 2.85. The summed E-state index contributed by atoms with van der Waals surface area (Å²) >= 11 is 5.64. The molecule has 1 rings (SSSR count). The molecule has 0 heterocycles. The van der Waals surface area contributed by atoms with Crippen molar-refractivity contribution in [3.8, 4) is 0 Å². The smallest absolute Gasteiger partial charge is 0.303 e. The zero-order valence-corrected chi connectivity index (χ0v) is 10.3. The Kier molecular flexibility index (Phi) is 4.78. The lowest BCUT2D eigenvalue weighted by molar-refractivity contribution is -0.137. The van der Waals surface area contributed by atoms with Gasteiger partial charge in [0, 0.05) is 18.4 Å². The van der Waals surface area contributed by atoms with Crippen LogP contribution in [0.25, 0.3) is 0 Å². The van der Waals surface area contributed by atoms with Crippen LogP contribution < -0.4 is 0 Å². The molecule has 18 heavy (non-hydrogen) atoms. The van der Waals surface area contributed by atoms with Crippen molar-refractivity contribution in [3.05, 3.63) is 34.4 Å². The molecule has 0 spiro atoms. The fraction of sp³-hybridized carbons (Fsp3) is 0.333. The molecule has 98 valence electrons. The van der Waals surface area contributed by atoms with Crippen LogP contribution in [-0.4, -0.2) is 16.9 Å². The highest BCUT2D eigenvalue weighted by Gasteiger charge is 2.18. The predicted molar refractivity (Wildman–Crippen MR) is 61.7 cm³/mol. The molecule has 1 atom stereocenters. The number of rotatable bonds is 5. The second-order valence-corrected chi connectivity index (χ2v) is 4.48. The van der Waals surface area contributed by atoms with Gasteiger partial charge in [-0.05, 0) is 18.1 Å². The Morgan fingerprint density at radius 1 is 1.28 bits per heavy atom. The lowest BCUT2D eigenvalue weighted by Gasteiger charge is -2.09. The van der Waals surface area contributed by atoms with Gasteiger partial charge in [-0.3, -0.25) is 9.59 Å². The first-order valence-corrected chi connectivity index (χ1v) is 5.58. The number of carbonyl (C=O) groups excluding carboxylic acids is 1. The van der Waals surface area contributed by atoms with Crippen LogP contribution in [0, 0.1) is 17.6 Å². The van der Waals surface area contributed by atoms with E-state index in [0.717, 1.165) is 12.1 Å². The Morgan fingerprint density at radius 2 is 1.83 bits per heavy atom. The molecular formula is C12H11ClF2O3. The predicted octanol–water partition coefficient (Wildman–Crippen LogP) is 3.30. The number of Topliss-reactive ketones (excluding diaryl/α,β-unsaturated/α-hetero) is 1. The average molecular weight is 277 g/mol. The molecule has 0 saturated heterocycles. The van der Waals surface area contributed by atoms with Crippen molar-refractivity contribution in [2.75, 3.05) is 0 Å². The molecule has 0 amide bonds. The molecule has 0 radical (unpaired) electrons. The van der Waals surface area contributed by atoms with Crippen LogP contribution in [-0.2, 0) is 4.79 Å². The maximum atomic E-state index is 13.0. The SMILES string of the molecule is CC(CC(=O)O)CC(=O)c1cc(F)c(F)cc1Cl. The van der Waals surface area contributed by atoms with Crippen molar-refractivity contribution in [2.24, 2.45) is 5.92 Å². The van der Waals surface area contributed by atoms with Crippen molar-refractivity contribution in [1.82, 2.24) is 0 Å². The molecule has 1 aromatic rings. The van der Waals surface area contributed by atoms with E-state index in [4.69, 9.17) is 16.7 Å². The Bertz CT molecular complexity index is 488. The molecule has 3 nitrogen and oxygen atoms in total. The van der Waals surface area contributed by atoms with E-state index in [9.17, 15) is 18.4 Å². The van der Waals surface area contributed by atoms with Gasteiger partial charge in [0.2, 0.25) is 0 Å². The van der Waals surface area contributed by atoms with E-state index < -0.39 is 29.3 Å². The van der Waals surface area contributed by atoms with Crippen LogP contribution in [0.1, 0.15) is 30.1 Å². The molecule has 6 heteroatoms. The largest absolute Gasteiger partial charge is 0.481 e. The molecule has 0 aliphatic heterocycles. The Hall–Kier alpha value is -1.49. The van der Waals surface area contributed by atoms with E-state index in [1.807, 2.05) is 0 Å². The monoisotopic (exact) mass is 276 g/mol. The van der Waals surface area contributed by atoms with Crippen molar-refractivity contribution in [1.29, 1.82) is 0 Å². The van der Waals surface area contributed by atoms with Crippen LogP contribution in [0.3, 0.4) is 0 Å². The number of hydrogen-bond acceptors (Lipinski definition) is 2. The first-order chi connectivity index (χ1) is 8.31. The summed E-state index contributed by atoms with van der Waals surface area (Å²) in [6.07, 6.45) is -0.260. The summed E-state index contributed by atoms with van der Waals surface area (Å²) in [6, 6.07) is 1.46. The highest BCUT2D eigenvalue weighted by Crippen LogP contribution is 2.23. The summed E-state index contributed by atoms with van der Waals surface area (Å²) in [4.78, 5) is 22.2. The fourth-order valence-electron chi connectivity index (χ4n) is 1.53. The van der Waals surface area contributed by atoms with E-state index >= 15 is 0 Å². The summed E-state index contributed by atoms with van der Waals surface area (Å²) in [6.45, 7) is 1.58. The normalized spacial score (nSPS) is 12.2. The van der Waals surface area contributed by atoms with E-state index in [-0.39, 0.29) is 23.4 Å². The maximum absolute atomic E-state index is 13.0. The van der Waals surface area contributed by atoms with Crippen LogP contribution in [0.15, 0.2) is 12.1 Å². The van der Waals surface area contributed by atoms with Gasteiger partial charge in [0.15, 0.2) is 17.4 Å². The minimum absolute atomic E-state index is 0.0862. The molecule has 0 fully saturated rings. The fourth-order valence-corrected chi connectivity index (χ4v) is 1.79. The summed E-state index contributed by atoms with van der Waals surface area (Å²) in [7, 11) is 0. The van der Waals surface area contributed by atoms with Crippen molar-refractivity contribution >= 4 is 23.4 Å². The average Bonchev–Trinajstić information content (AvgIpc) is 2.21. The van der Waals surface area contributed by atoms with E-state index in [1.54, 1.807) is 6.92 Å². The van der Waals surface area contributed by atoms with Gasteiger partial charge in [-0.1, -0.05) is 18.5 Å². The number of benzene rings is 1. The van der Waals surface area contributed by atoms with Gasteiger partial charge in [-0.25, -0.2) is 8.78 Å². The number of carboxylic acid groups (broad SMARTS) is 1. The van der Waals surface area contributed by atoms with Gasteiger partial charge >= 0.3 is 5.97 Å². The standard InChI is InChI=1S/C12H11ClF2O3/c1-6(3-12(17)18)2-11(16)7-4-9(14)10(15)5-8(7)13/h4-6H,2-3H2,1H3,(H,17,18). The van der Waals surface area contributed by atoms with Crippen molar-refractivity contribution in [3.63, 3.8) is 0 Å². The van der Waals surface area contributed by atoms with Crippen LogP contribution in [0.2, 0.25) is 5.02 Å². The topological polar surface area (TPSA) is 54.4 Å². The third kappa shape index (κ3) is 3.77. The molecule has 0 aliphatic carbocycles. The van der Waals surface area contributed by atoms with Crippen LogP contribution >= 0.6 is 11.6 Å². The molecule has 1 unspecified atom stereocenters. The van der Waals surface area contributed by atoms with E-state index in [1.165, 1.54) is 0 Å². The summed E-state index contributed by atoms with van der Waals surface area (Å²) in [5.74, 6) is -4.22. The lowest BCUT2D eigenvalue weighted by atomic mass is 9.97. The van der Waals surface area contributed by atoms with Crippen molar-refractivity contribution in [2.45, 2.75) is 19.8 Å². The maximum Gasteiger partial charge on any atom is 0.303 e. The third-order valence-electron chi connectivity index (χ3n) is 2.37. The molecular weight excluding hydrogens is 266 g/mol. The number of ketones is 1. The Morgan fingerprint density at radius 3 is 2.39 bits per heavy atom. The molecule has 0 aliphatic rings. The Labute approximate surface area is 107 Å².